The molecule has 1 aromatic heterocycles. The first-order chi connectivity index (χ1) is 15.5. The average Bonchev–Trinajstić information content (AvgIpc) is 3.28. The maximum absolute atomic E-state index is 13.2. The van der Waals surface area contributed by atoms with Crippen LogP contribution in [0.2, 0.25) is 5.02 Å². The number of benzene rings is 2. The molecular formula is C25H26ClN3O2S. The van der Waals surface area contributed by atoms with Crippen molar-refractivity contribution >= 4 is 34.0 Å². The number of aromatic nitrogens is 1. The Bertz CT molecular complexity index is 1140. The van der Waals surface area contributed by atoms with Crippen molar-refractivity contribution in [2.45, 2.75) is 43.7 Å². The van der Waals surface area contributed by atoms with E-state index in [1.807, 2.05) is 42.6 Å². The van der Waals surface area contributed by atoms with Crippen molar-refractivity contribution in [2.24, 2.45) is 0 Å². The van der Waals surface area contributed by atoms with Crippen molar-refractivity contribution in [2.75, 3.05) is 18.4 Å². The Morgan fingerprint density at radius 3 is 2.69 bits per heavy atom. The minimum Gasteiger partial charge on any atom is -0.392 e. The summed E-state index contributed by atoms with van der Waals surface area (Å²) in [6.07, 6.45) is 3.94. The van der Waals surface area contributed by atoms with E-state index in [9.17, 15) is 9.90 Å². The van der Waals surface area contributed by atoms with Gasteiger partial charge >= 0.3 is 0 Å². The second-order valence-corrected chi connectivity index (χ2v) is 10.2. The van der Waals surface area contributed by atoms with Crippen molar-refractivity contribution < 1.29 is 9.90 Å². The molecule has 1 amide bonds. The fraction of sp³-hybridized carbons (Fsp3) is 0.360. The summed E-state index contributed by atoms with van der Waals surface area (Å²) in [7, 11) is 0. The number of hydrogen-bond donors (Lipinski definition) is 2. The van der Waals surface area contributed by atoms with Crippen LogP contribution in [0.3, 0.4) is 0 Å². The Morgan fingerprint density at radius 2 is 2.00 bits per heavy atom. The van der Waals surface area contributed by atoms with E-state index in [0.717, 1.165) is 47.4 Å². The fourth-order valence-electron chi connectivity index (χ4n) is 4.77. The summed E-state index contributed by atoms with van der Waals surface area (Å²) < 4.78 is 0. The molecule has 5 rings (SSSR count). The Morgan fingerprint density at radius 1 is 1.25 bits per heavy atom. The number of rotatable bonds is 6. The van der Waals surface area contributed by atoms with Crippen LogP contribution < -0.4 is 5.32 Å². The molecule has 1 aliphatic carbocycles. The third-order valence-corrected chi connectivity index (χ3v) is 7.93. The largest absolute Gasteiger partial charge is 0.392 e. The van der Waals surface area contributed by atoms with Crippen LogP contribution in [0.5, 0.6) is 0 Å². The number of nitrogens with one attached hydrogen (secondary N) is 1. The Kier molecular flexibility index (Phi) is 5.80. The quantitative estimate of drug-likeness (QED) is 0.539. The molecule has 2 aliphatic rings. The number of aliphatic hydroxyl groups is 1. The zero-order valence-corrected chi connectivity index (χ0v) is 19.5. The zero-order chi connectivity index (χ0) is 22.3. The van der Waals surface area contributed by atoms with Crippen molar-refractivity contribution in [1.29, 1.82) is 0 Å². The molecule has 166 valence electrons. The molecule has 0 radical (unpaired) electrons. The van der Waals surface area contributed by atoms with Gasteiger partial charge in [-0.3, -0.25) is 9.69 Å². The van der Waals surface area contributed by atoms with Gasteiger partial charge in [-0.15, -0.1) is 0 Å². The number of carbonyl (C=O) groups is 1. The maximum Gasteiger partial charge on any atom is 0.236 e. The molecule has 32 heavy (non-hydrogen) atoms. The van der Waals surface area contributed by atoms with E-state index in [2.05, 4.69) is 34.3 Å². The van der Waals surface area contributed by atoms with E-state index < -0.39 is 5.41 Å². The van der Waals surface area contributed by atoms with Crippen LogP contribution in [0.4, 0.5) is 5.13 Å². The number of nitrogens with zero attached hydrogens (tertiary/aromatic N) is 2. The topological polar surface area (TPSA) is 65.5 Å². The normalized spacial score (nSPS) is 20.8. The number of halogens is 1. The smallest absolute Gasteiger partial charge is 0.236 e. The van der Waals surface area contributed by atoms with Gasteiger partial charge in [-0.05, 0) is 48.9 Å². The van der Waals surface area contributed by atoms with Crippen LogP contribution in [0.25, 0.3) is 0 Å². The molecule has 2 heterocycles. The number of β-amino-alcohol motifs (C(OH)–C–C–N with tert-alkyl or cyclic N) is 1. The standard InChI is InChI=1S/C25H26ClN3O2S/c1-16-6-2-4-8-19(16)25(11-12-25)23(31)28-24-27-14-21(32-24)22(29-13-10-17(30)15-29)18-7-3-5-9-20(18)26/h2-9,14,17,22,30H,10-13,15H2,1H3,(H,27,28,31)/t17-,22?/m0/s1. The van der Waals surface area contributed by atoms with E-state index in [4.69, 9.17) is 11.6 Å². The van der Waals surface area contributed by atoms with E-state index in [1.54, 1.807) is 0 Å². The third kappa shape index (κ3) is 3.97. The SMILES string of the molecule is Cc1ccccc1C1(C(=O)Nc2ncc(C(c3ccccc3Cl)N3CC[C@H](O)C3)s2)CC1. The van der Waals surface area contributed by atoms with Crippen molar-refractivity contribution in [1.82, 2.24) is 9.88 Å². The van der Waals surface area contributed by atoms with Crippen LogP contribution in [-0.4, -0.2) is 40.1 Å². The van der Waals surface area contributed by atoms with Crippen LogP contribution in [0.15, 0.2) is 54.7 Å². The summed E-state index contributed by atoms with van der Waals surface area (Å²) in [5, 5.41) is 14.5. The average molecular weight is 468 g/mol. The molecule has 5 nitrogen and oxygen atoms in total. The highest BCUT2D eigenvalue weighted by Crippen LogP contribution is 2.50. The molecule has 1 saturated carbocycles. The monoisotopic (exact) mass is 467 g/mol. The van der Waals surface area contributed by atoms with Gasteiger partial charge in [-0.2, -0.15) is 0 Å². The van der Waals surface area contributed by atoms with Crippen LogP contribution in [0, 0.1) is 6.92 Å². The Balaban J connectivity index is 1.41. The number of aryl methyl sites for hydroxylation is 1. The molecule has 0 bridgehead atoms. The lowest BCUT2D eigenvalue weighted by Crippen LogP contribution is -2.28. The van der Waals surface area contributed by atoms with E-state index in [-0.39, 0.29) is 18.1 Å². The first-order valence-corrected chi connectivity index (χ1v) is 12.2. The number of anilines is 1. The predicted octanol–water partition coefficient (Wildman–Crippen LogP) is 4.93. The number of thiazole rings is 1. The highest BCUT2D eigenvalue weighted by Gasteiger charge is 2.52. The van der Waals surface area contributed by atoms with Crippen LogP contribution in [0.1, 0.15) is 46.9 Å². The van der Waals surface area contributed by atoms with Gasteiger partial charge in [0.25, 0.3) is 0 Å². The predicted molar refractivity (Wildman–Crippen MR) is 128 cm³/mol. The molecule has 2 aromatic carbocycles. The van der Waals surface area contributed by atoms with E-state index in [0.29, 0.717) is 16.7 Å². The molecule has 2 fully saturated rings. The first-order valence-electron chi connectivity index (χ1n) is 11.0. The van der Waals surface area contributed by atoms with Gasteiger partial charge in [0, 0.05) is 29.2 Å². The molecule has 1 unspecified atom stereocenters. The highest BCUT2D eigenvalue weighted by molar-refractivity contribution is 7.15. The summed E-state index contributed by atoms with van der Waals surface area (Å²) in [6.45, 7) is 3.43. The number of carbonyl (C=O) groups excluding carboxylic acids is 1. The van der Waals surface area contributed by atoms with Crippen LogP contribution >= 0.6 is 22.9 Å². The summed E-state index contributed by atoms with van der Waals surface area (Å²) in [5.41, 5.74) is 2.79. The van der Waals surface area contributed by atoms with Gasteiger partial charge in [0.2, 0.25) is 5.91 Å². The zero-order valence-electron chi connectivity index (χ0n) is 17.9. The molecule has 1 saturated heterocycles. The summed E-state index contributed by atoms with van der Waals surface area (Å²) in [5.74, 6) is 0.0126. The summed E-state index contributed by atoms with van der Waals surface area (Å²) in [4.78, 5) is 21.0. The maximum atomic E-state index is 13.2. The molecular weight excluding hydrogens is 442 g/mol. The van der Waals surface area contributed by atoms with Crippen molar-refractivity contribution in [3.8, 4) is 0 Å². The lowest BCUT2D eigenvalue weighted by Gasteiger charge is -2.27. The van der Waals surface area contributed by atoms with E-state index in [1.165, 1.54) is 11.3 Å². The highest BCUT2D eigenvalue weighted by atomic mass is 35.5. The molecule has 1 aliphatic heterocycles. The van der Waals surface area contributed by atoms with Gasteiger partial charge in [0.05, 0.1) is 17.6 Å². The van der Waals surface area contributed by atoms with Gasteiger partial charge < -0.3 is 10.4 Å². The number of aliphatic hydroxyl groups excluding tert-OH is 1. The minimum atomic E-state index is -0.446. The third-order valence-electron chi connectivity index (χ3n) is 6.62. The fourth-order valence-corrected chi connectivity index (χ4v) is 5.98. The summed E-state index contributed by atoms with van der Waals surface area (Å²) >= 11 is 8.03. The Labute approximate surface area is 197 Å². The second-order valence-electron chi connectivity index (χ2n) is 8.78. The van der Waals surface area contributed by atoms with Gasteiger partial charge in [-0.1, -0.05) is 65.4 Å². The molecule has 7 heteroatoms. The lowest BCUT2D eigenvalue weighted by molar-refractivity contribution is -0.118. The number of amides is 1. The van der Waals surface area contributed by atoms with Crippen LogP contribution in [-0.2, 0) is 10.2 Å². The van der Waals surface area contributed by atoms with Gasteiger partial charge in [0.1, 0.15) is 0 Å². The van der Waals surface area contributed by atoms with Gasteiger partial charge in [0.15, 0.2) is 5.13 Å². The first kappa shape index (κ1) is 21.6. The molecule has 2 atom stereocenters. The van der Waals surface area contributed by atoms with Crippen molar-refractivity contribution in [3.63, 3.8) is 0 Å². The Hall–Kier alpha value is -2.25. The molecule has 3 aromatic rings. The number of likely N-dealkylation sites (tertiary alicyclic amines) is 1. The summed E-state index contributed by atoms with van der Waals surface area (Å²) in [6, 6.07) is 15.8. The van der Waals surface area contributed by atoms with Crippen molar-refractivity contribution in [3.05, 3.63) is 81.3 Å². The van der Waals surface area contributed by atoms with Gasteiger partial charge in [-0.25, -0.2) is 4.98 Å². The molecule has 2 N–H and O–H groups in total. The molecule has 0 spiro atoms. The number of hydrogen-bond acceptors (Lipinski definition) is 5. The lowest BCUT2D eigenvalue weighted by atomic mass is 9.91. The van der Waals surface area contributed by atoms with E-state index >= 15 is 0 Å². The minimum absolute atomic E-state index is 0.0126. The second kappa shape index (κ2) is 8.60.